The second-order valence-corrected chi connectivity index (χ2v) is 5.00. The monoisotopic (exact) mass is 269 g/mol. The van der Waals surface area contributed by atoms with E-state index in [-0.39, 0.29) is 24.1 Å². The van der Waals surface area contributed by atoms with Crippen molar-refractivity contribution in [3.8, 4) is 0 Å². The molecule has 2 rings (SSSR count). The quantitative estimate of drug-likeness (QED) is 0.884. The first-order valence-electron chi connectivity index (χ1n) is 6.47. The molecule has 1 aromatic carbocycles. The van der Waals surface area contributed by atoms with Crippen LogP contribution in [0.1, 0.15) is 36.0 Å². The molecule has 1 saturated carbocycles. The van der Waals surface area contributed by atoms with Gasteiger partial charge in [-0.2, -0.15) is 0 Å². The van der Waals surface area contributed by atoms with Crippen LogP contribution < -0.4 is 5.32 Å². The van der Waals surface area contributed by atoms with Crippen molar-refractivity contribution in [2.45, 2.75) is 31.7 Å². The Hall–Kier alpha value is -1.49. The molecule has 3 nitrogen and oxygen atoms in total. The van der Waals surface area contributed by atoms with Gasteiger partial charge in [-0.25, -0.2) is 8.78 Å². The molecule has 0 unspecified atom stereocenters. The molecule has 0 aliphatic heterocycles. The number of carbonyl (C=O) groups is 1. The summed E-state index contributed by atoms with van der Waals surface area (Å²) in [7, 11) is 0. The number of hydrogen-bond donors (Lipinski definition) is 2. The lowest BCUT2D eigenvalue weighted by molar-refractivity contribution is 0.0913. The summed E-state index contributed by atoms with van der Waals surface area (Å²) in [6.45, 7) is 0.184. The third kappa shape index (κ3) is 3.50. The molecule has 1 amide bonds. The molecule has 1 aliphatic carbocycles. The molecule has 104 valence electrons. The lowest BCUT2D eigenvalue weighted by Crippen LogP contribution is -2.38. The number of aliphatic hydroxyl groups excluding tert-OH is 1. The SMILES string of the molecule is O=C(NC1CCC(CO)CC1)c1ccc(F)c(F)c1. The molecule has 0 saturated heterocycles. The van der Waals surface area contributed by atoms with E-state index < -0.39 is 11.6 Å². The van der Waals surface area contributed by atoms with Crippen molar-refractivity contribution in [2.75, 3.05) is 6.61 Å². The van der Waals surface area contributed by atoms with Crippen LogP contribution in [0.25, 0.3) is 0 Å². The van der Waals surface area contributed by atoms with E-state index in [0.29, 0.717) is 5.92 Å². The van der Waals surface area contributed by atoms with Gasteiger partial charge in [0.2, 0.25) is 0 Å². The van der Waals surface area contributed by atoms with Crippen molar-refractivity contribution in [1.29, 1.82) is 0 Å². The molecule has 2 N–H and O–H groups in total. The summed E-state index contributed by atoms with van der Waals surface area (Å²) in [5.41, 5.74) is 0.128. The van der Waals surface area contributed by atoms with Crippen molar-refractivity contribution in [2.24, 2.45) is 5.92 Å². The van der Waals surface area contributed by atoms with Gasteiger partial charge in [-0.05, 0) is 49.8 Å². The topological polar surface area (TPSA) is 49.3 Å². The van der Waals surface area contributed by atoms with Crippen LogP contribution in [0.5, 0.6) is 0 Å². The van der Waals surface area contributed by atoms with E-state index in [1.165, 1.54) is 6.07 Å². The van der Waals surface area contributed by atoms with E-state index in [4.69, 9.17) is 5.11 Å². The Morgan fingerprint density at radius 2 is 1.89 bits per heavy atom. The van der Waals surface area contributed by atoms with Crippen LogP contribution in [0.15, 0.2) is 18.2 Å². The molecular weight excluding hydrogens is 252 g/mol. The largest absolute Gasteiger partial charge is 0.396 e. The Labute approximate surface area is 110 Å². The molecule has 0 bridgehead atoms. The highest BCUT2D eigenvalue weighted by Gasteiger charge is 2.22. The van der Waals surface area contributed by atoms with Crippen LogP contribution in [0, 0.1) is 17.6 Å². The summed E-state index contributed by atoms with van der Waals surface area (Å²) >= 11 is 0. The minimum Gasteiger partial charge on any atom is -0.396 e. The number of amides is 1. The second kappa shape index (κ2) is 6.10. The highest BCUT2D eigenvalue weighted by atomic mass is 19.2. The van der Waals surface area contributed by atoms with Crippen molar-refractivity contribution in [3.05, 3.63) is 35.4 Å². The van der Waals surface area contributed by atoms with Crippen molar-refractivity contribution in [3.63, 3.8) is 0 Å². The van der Waals surface area contributed by atoms with Crippen LogP contribution in [0.3, 0.4) is 0 Å². The smallest absolute Gasteiger partial charge is 0.251 e. The van der Waals surface area contributed by atoms with Gasteiger partial charge in [0, 0.05) is 18.2 Å². The van der Waals surface area contributed by atoms with E-state index in [0.717, 1.165) is 37.8 Å². The standard InChI is InChI=1S/C14H17F2NO2/c15-12-6-3-10(7-13(12)16)14(19)17-11-4-1-9(8-18)2-5-11/h3,6-7,9,11,18H,1-2,4-5,8H2,(H,17,19). The average Bonchev–Trinajstić information content (AvgIpc) is 2.42. The number of benzene rings is 1. The maximum absolute atomic E-state index is 13.0. The predicted molar refractivity (Wildman–Crippen MR) is 66.7 cm³/mol. The average molecular weight is 269 g/mol. The first kappa shape index (κ1) is 13.9. The van der Waals surface area contributed by atoms with E-state index in [2.05, 4.69) is 5.32 Å². The van der Waals surface area contributed by atoms with Crippen molar-refractivity contribution in [1.82, 2.24) is 5.32 Å². The van der Waals surface area contributed by atoms with Gasteiger partial charge in [0.25, 0.3) is 5.91 Å². The zero-order chi connectivity index (χ0) is 13.8. The molecule has 1 fully saturated rings. The number of nitrogens with one attached hydrogen (secondary N) is 1. The normalized spacial score (nSPS) is 23.1. The summed E-state index contributed by atoms with van der Waals surface area (Å²) < 4.78 is 25.8. The van der Waals surface area contributed by atoms with Crippen molar-refractivity contribution < 1.29 is 18.7 Å². The van der Waals surface area contributed by atoms with Gasteiger partial charge in [-0.1, -0.05) is 0 Å². The molecule has 19 heavy (non-hydrogen) atoms. The maximum Gasteiger partial charge on any atom is 0.251 e. The zero-order valence-electron chi connectivity index (χ0n) is 10.5. The molecular formula is C14H17F2NO2. The highest BCUT2D eigenvalue weighted by molar-refractivity contribution is 5.94. The lowest BCUT2D eigenvalue weighted by Gasteiger charge is -2.27. The van der Waals surface area contributed by atoms with Crippen LogP contribution in [-0.4, -0.2) is 23.7 Å². The third-order valence-electron chi connectivity index (χ3n) is 3.62. The number of aliphatic hydroxyl groups is 1. The molecule has 0 heterocycles. The van der Waals surface area contributed by atoms with Gasteiger partial charge < -0.3 is 10.4 Å². The van der Waals surface area contributed by atoms with E-state index >= 15 is 0 Å². The lowest BCUT2D eigenvalue weighted by atomic mass is 9.86. The minimum atomic E-state index is -1.02. The van der Waals surface area contributed by atoms with Gasteiger partial charge in [0.15, 0.2) is 11.6 Å². The fourth-order valence-electron chi connectivity index (χ4n) is 2.40. The predicted octanol–water partition coefficient (Wildman–Crippen LogP) is 2.25. The van der Waals surface area contributed by atoms with E-state index in [9.17, 15) is 13.6 Å². The number of rotatable bonds is 3. The summed E-state index contributed by atoms with van der Waals surface area (Å²) in [4.78, 5) is 11.9. The molecule has 0 radical (unpaired) electrons. The zero-order valence-corrected chi connectivity index (χ0v) is 10.5. The van der Waals surface area contributed by atoms with Gasteiger partial charge >= 0.3 is 0 Å². The van der Waals surface area contributed by atoms with E-state index in [1.54, 1.807) is 0 Å². The number of halogens is 2. The number of hydrogen-bond acceptors (Lipinski definition) is 2. The maximum atomic E-state index is 13.0. The fraction of sp³-hybridized carbons (Fsp3) is 0.500. The first-order valence-corrected chi connectivity index (χ1v) is 6.47. The van der Waals surface area contributed by atoms with E-state index in [1.807, 2.05) is 0 Å². The summed E-state index contributed by atoms with van der Waals surface area (Å²) in [5, 5.41) is 11.8. The van der Waals surface area contributed by atoms with Crippen LogP contribution >= 0.6 is 0 Å². The van der Waals surface area contributed by atoms with Crippen molar-refractivity contribution >= 4 is 5.91 Å². The summed E-state index contributed by atoms with van der Waals surface area (Å²) in [6.07, 6.45) is 3.36. The Balaban J connectivity index is 1.92. The molecule has 0 aromatic heterocycles. The van der Waals surface area contributed by atoms with Crippen LogP contribution in [-0.2, 0) is 0 Å². The fourth-order valence-corrected chi connectivity index (χ4v) is 2.40. The van der Waals surface area contributed by atoms with Gasteiger partial charge in [-0.3, -0.25) is 4.79 Å². The third-order valence-corrected chi connectivity index (χ3v) is 3.62. The number of carbonyl (C=O) groups excluding carboxylic acids is 1. The molecule has 5 heteroatoms. The summed E-state index contributed by atoms with van der Waals surface area (Å²) in [5.74, 6) is -2.04. The van der Waals surface area contributed by atoms with Crippen LogP contribution in [0.2, 0.25) is 0 Å². The first-order chi connectivity index (χ1) is 9.10. The Morgan fingerprint density at radius 3 is 2.47 bits per heavy atom. The Morgan fingerprint density at radius 1 is 1.21 bits per heavy atom. The molecule has 0 atom stereocenters. The molecule has 1 aliphatic rings. The van der Waals surface area contributed by atoms with Crippen LogP contribution in [0.4, 0.5) is 8.78 Å². The summed E-state index contributed by atoms with van der Waals surface area (Å²) in [6, 6.07) is 3.17. The highest BCUT2D eigenvalue weighted by Crippen LogP contribution is 2.24. The Bertz CT molecular complexity index is 457. The molecule has 1 aromatic rings. The molecule has 0 spiro atoms. The minimum absolute atomic E-state index is 0.0448. The van der Waals surface area contributed by atoms with Gasteiger partial charge in [-0.15, -0.1) is 0 Å². The van der Waals surface area contributed by atoms with Gasteiger partial charge in [0.05, 0.1) is 0 Å². The van der Waals surface area contributed by atoms with Gasteiger partial charge in [0.1, 0.15) is 0 Å². The Kier molecular flexibility index (Phi) is 4.47. The second-order valence-electron chi connectivity index (χ2n) is 5.00.